The number of hydrogen-bond donors (Lipinski definition) is 0. The van der Waals surface area contributed by atoms with Gasteiger partial charge in [0.25, 0.3) is 0 Å². The van der Waals surface area contributed by atoms with Crippen LogP contribution in [0.25, 0.3) is 0 Å². The van der Waals surface area contributed by atoms with Crippen molar-refractivity contribution in [2.24, 2.45) is 0 Å². The molecule has 1 aromatic carbocycles. The second-order valence-corrected chi connectivity index (χ2v) is 7.85. The van der Waals surface area contributed by atoms with E-state index in [4.69, 9.17) is 9.47 Å². The van der Waals surface area contributed by atoms with Gasteiger partial charge in [0.05, 0.1) is 19.3 Å². The summed E-state index contributed by atoms with van der Waals surface area (Å²) in [6.07, 6.45) is 8.18. The van der Waals surface area contributed by atoms with Gasteiger partial charge in [0, 0.05) is 32.2 Å². The fourth-order valence-corrected chi connectivity index (χ4v) is 4.55. The first-order chi connectivity index (χ1) is 12.4. The van der Waals surface area contributed by atoms with Crippen molar-refractivity contribution in [3.05, 3.63) is 29.8 Å². The topological polar surface area (TPSA) is 24.9 Å². The zero-order valence-electron chi connectivity index (χ0n) is 15.4. The van der Waals surface area contributed by atoms with Crippen LogP contribution >= 0.6 is 0 Å². The Morgan fingerprint density at radius 3 is 2.44 bits per heavy atom. The number of hydrogen-bond acceptors (Lipinski definition) is 4. The Morgan fingerprint density at radius 2 is 1.68 bits per heavy atom. The molecule has 25 heavy (non-hydrogen) atoms. The highest BCUT2D eigenvalue weighted by molar-refractivity contribution is 5.27. The first kappa shape index (κ1) is 17.3. The van der Waals surface area contributed by atoms with Gasteiger partial charge in [-0.05, 0) is 62.8 Å². The molecule has 1 aliphatic carbocycles. The SMILES string of the molecule is c1cc(OC2CCCC2)ccc1CN1CCC[C@H](N2CCOCC2)C1. The molecule has 0 aromatic heterocycles. The fraction of sp³-hybridized carbons (Fsp3) is 0.714. The van der Waals surface area contributed by atoms with Crippen molar-refractivity contribution in [1.82, 2.24) is 9.80 Å². The summed E-state index contributed by atoms with van der Waals surface area (Å²) in [7, 11) is 0. The average molecular weight is 344 g/mol. The monoisotopic (exact) mass is 344 g/mol. The Bertz CT molecular complexity index is 521. The van der Waals surface area contributed by atoms with Crippen LogP contribution in [0.4, 0.5) is 0 Å². The number of likely N-dealkylation sites (tertiary alicyclic amines) is 1. The smallest absolute Gasteiger partial charge is 0.119 e. The lowest BCUT2D eigenvalue weighted by atomic mass is 10.0. The standard InChI is InChI=1S/C21H32N2O2/c1-2-6-20(5-1)25-21-9-7-18(8-10-21)16-22-11-3-4-19(17-22)23-12-14-24-15-13-23/h7-10,19-20H,1-6,11-17H2/t19-/m0/s1. The molecule has 1 saturated carbocycles. The molecule has 0 spiro atoms. The maximum Gasteiger partial charge on any atom is 0.119 e. The summed E-state index contributed by atoms with van der Waals surface area (Å²) in [5, 5.41) is 0. The highest BCUT2D eigenvalue weighted by Gasteiger charge is 2.26. The number of morpholine rings is 1. The molecule has 138 valence electrons. The van der Waals surface area contributed by atoms with E-state index >= 15 is 0 Å². The van der Waals surface area contributed by atoms with E-state index in [0.29, 0.717) is 12.1 Å². The van der Waals surface area contributed by atoms with Crippen molar-refractivity contribution < 1.29 is 9.47 Å². The Hall–Kier alpha value is -1.10. The van der Waals surface area contributed by atoms with Gasteiger partial charge in [-0.1, -0.05) is 12.1 Å². The van der Waals surface area contributed by atoms with Crippen LogP contribution in [0.3, 0.4) is 0 Å². The lowest BCUT2D eigenvalue weighted by molar-refractivity contribution is -0.00358. The van der Waals surface area contributed by atoms with Crippen LogP contribution in [-0.2, 0) is 11.3 Å². The lowest BCUT2D eigenvalue weighted by Gasteiger charge is -2.41. The molecule has 1 aromatic rings. The largest absolute Gasteiger partial charge is 0.490 e. The Kier molecular flexibility index (Phi) is 5.90. The third kappa shape index (κ3) is 4.75. The van der Waals surface area contributed by atoms with Crippen molar-refractivity contribution in [3.63, 3.8) is 0 Å². The van der Waals surface area contributed by atoms with Gasteiger partial charge in [-0.25, -0.2) is 0 Å². The van der Waals surface area contributed by atoms with E-state index in [9.17, 15) is 0 Å². The van der Waals surface area contributed by atoms with Gasteiger partial charge in [0.15, 0.2) is 0 Å². The van der Waals surface area contributed by atoms with Gasteiger partial charge in [-0.15, -0.1) is 0 Å². The molecule has 0 bridgehead atoms. The van der Waals surface area contributed by atoms with Crippen LogP contribution in [-0.4, -0.2) is 61.3 Å². The van der Waals surface area contributed by atoms with E-state index in [1.165, 1.54) is 57.2 Å². The number of benzene rings is 1. The summed E-state index contributed by atoms with van der Waals surface area (Å²) < 4.78 is 11.6. The predicted octanol–water partition coefficient (Wildman–Crippen LogP) is 3.30. The molecular weight excluding hydrogens is 312 g/mol. The van der Waals surface area contributed by atoms with Gasteiger partial charge in [-0.3, -0.25) is 9.80 Å². The van der Waals surface area contributed by atoms with Crippen molar-refractivity contribution in [2.45, 2.75) is 57.2 Å². The highest BCUT2D eigenvalue weighted by atomic mass is 16.5. The molecule has 0 N–H and O–H groups in total. The van der Waals surface area contributed by atoms with Crippen LogP contribution in [0, 0.1) is 0 Å². The van der Waals surface area contributed by atoms with E-state index < -0.39 is 0 Å². The third-order valence-electron chi connectivity index (χ3n) is 5.98. The maximum absolute atomic E-state index is 6.08. The summed E-state index contributed by atoms with van der Waals surface area (Å²) in [5.41, 5.74) is 1.40. The summed E-state index contributed by atoms with van der Waals surface area (Å²) >= 11 is 0. The van der Waals surface area contributed by atoms with Gasteiger partial charge in [0.2, 0.25) is 0 Å². The molecule has 4 heteroatoms. The van der Waals surface area contributed by atoms with E-state index in [1.807, 2.05) is 0 Å². The van der Waals surface area contributed by atoms with Crippen LogP contribution in [0.1, 0.15) is 44.1 Å². The zero-order chi connectivity index (χ0) is 16.9. The Balaban J connectivity index is 1.28. The first-order valence-corrected chi connectivity index (χ1v) is 10.2. The number of piperidine rings is 1. The molecule has 0 unspecified atom stereocenters. The van der Waals surface area contributed by atoms with Gasteiger partial charge in [0.1, 0.15) is 5.75 Å². The minimum Gasteiger partial charge on any atom is -0.490 e. The number of ether oxygens (including phenoxy) is 2. The van der Waals surface area contributed by atoms with Crippen LogP contribution in [0.5, 0.6) is 5.75 Å². The van der Waals surface area contributed by atoms with Gasteiger partial charge in [-0.2, -0.15) is 0 Å². The highest BCUT2D eigenvalue weighted by Crippen LogP contribution is 2.25. The Labute approximate surface area is 152 Å². The normalized spacial score (nSPS) is 26.8. The predicted molar refractivity (Wildman–Crippen MR) is 100 cm³/mol. The number of rotatable bonds is 5. The van der Waals surface area contributed by atoms with Crippen molar-refractivity contribution in [2.75, 3.05) is 39.4 Å². The second-order valence-electron chi connectivity index (χ2n) is 7.85. The Morgan fingerprint density at radius 1 is 0.920 bits per heavy atom. The first-order valence-electron chi connectivity index (χ1n) is 10.2. The summed E-state index contributed by atoms with van der Waals surface area (Å²) in [5.74, 6) is 1.04. The maximum atomic E-state index is 6.08. The molecule has 2 saturated heterocycles. The van der Waals surface area contributed by atoms with E-state index in [2.05, 4.69) is 34.1 Å². The third-order valence-corrected chi connectivity index (χ3v) is 5.98. The summed E-state index contributed by atoms with van der Waals surface area (Å²) in [6, 6.07) is 9.54. The second kappa shape index (κ2) is 8.52. The quantitative estimate of drug-likeness (QED) is 0.818. The molecule has 2 heterocycles. The summed E-state index contributed by atoms with van der Waals surface area (Å²) in [4.78, 5) is 5.25. The number of nitrogens with zero attached hydrogens (tertiary/aromatic N) is 2. The van der Waals surface area contributed by atoms with E-state index in [-0.39, 0.29) is 0 Å². The van der Waals surface area contributed by atoms with E-state index in [1.54, 1.807) is 0 Å². The minimum atomic E-state index is 0.447. The van der Waals surface area contributed by atoms with Crippen LogP contribution in [0.2, 0.25) is 0 Å². The van der Waals surface area contributed by atoms with Crippen LogP contribution in [0.15, 0.2) is 24.3 Å². The van der Waals surface area contributed by atoms with E-state index in [0.717, 1.165) is 38.6 Å². The van der Waals surface area contributed by atoms with Crippen molar-refractivity contribution >= 4 is 0 Å². The molecular formula is C21H32N2O2. The fourth-order valence-electron chi connectivity index (χ4n) is 4.55. The lowest BCUT2D eigenvalue weighted by Crippen LogP contribution is -2.51. The average Bonchev–Trinajstić information content (AvgIpc) is 3.17. The molecule has 0 amide bonds. The molecule has 4 nitrogen and oxygen atoms in total. The van der Waals surface area contributed by atoms with Crippen molar-refractivity contribution in [1.29, 1.82) is 0 Å². The molecule has 4 rings (SSSR count). The molecule has 3 aliphatic rings. The molecule has 0 radical (unpaired) electrons. The van der Waals surface area contributed by atoms with Crippen molar-refractivity contribution in [3.8, 4) is 5.75 Å². The molecule has 3 fully saturated rings. The minimum absolute atomic E-state index is 0.447. The van der Waals surface area contributed by atoms with Crippen LogP contribution < -0.4 is 4.74 Å². The summed E-state index contributed by atoms with van der Waals surface area (Å²) in [6.45, 7) is 7.49. The van der Waals surface area contributed by atoms with Gasteiger partial charge >= 0.3 is 0 Å². The molecule has 2 aliphatic heterocycles. The van der Waals surface area contributed by atoms with Gasteiger partial charge < -0.3 is 9.47 Å². The molecule has 1 atom stereocenters. The zero-order valence-corrected chi connectivity index (χ0v) is 15.4.